The third kappa shape index (κ3) is 4.30. The predicted octanol–water partition coefficient (Wildman–Crippen LogP) is 1.18. The molecule has 0 aromatic carbocycles. The zero-order valence-electron chi connectivity index (χ0n) is 9.46. The molecule has 0 aliphatic carbocycles. The zero-order valence-corrected chi connectivity index (χ0v) is 11.0. The molecule has 0 aliphatic heterocycles. The molecule has 0 unspecified atom stereocenters. The summed E-state index contributed by atoms with van der Waals surface area (Å²) in [4.78, 5) is 29.4. The molecule has 10 heteroatoms. The number of nitrogens with one attached hydrogen (secondary N) is 1. The Morgan fingerprint density at radius 2 is 2.33 bits per heavy atom. The molecule has 18 heavy (non-hydrogen) atoms. The second-order valence-electron chi connectivity index (χ2n) is 3.09. The molecular weight excluding hydrogens is 283 g/mol. The van der Waals surface area contributed by atoms with Crippen molar-refractivity contribution in [1.29, 1.82) is 0 Å². The van der Waals surface area contributed by atoms with Crippen LogP contribution in [-0.4, -0.2) is 27.0 Å². The van der Waals surface area contributed by atoms with E-state index in [4.69, 9.17) is 17.3 Å². The minimum atomic E-state index is -0.713. The van der Waals surface area contributed by atoms with Crippen molar-refractivity contribution < 1.29 is 4.79 Å². The topological polar surface area (TPSA) is 114 Å². The van der Waals surface area contributed by atoms with Gasteiger partial charge in [0.05, 0.1) is 5.29 Å². The maximum absolute atomic E-state index is 11.3. The number of nitroso groups, excluding NO2 is 1. The van der Waals surface area contributed by atoms with Crippen molar-refractivity contribution >= 4 is 35.9 Å². The number of carbonyl (C=O) groups excluding carboxylic acids is 1. The van der Waals surface area contributed by atoms with Gasteiger partial charge in [-0.2, -0.15) is 5.01 Å². The van der Waals surface area contributed by atoms with Crippen LogP contribution in [0.15, 0.2) is 11.5 Å². The monoisotopic (exact) mass is 294 g/mol. The number of aromatic nitrogens is 2. The van der Waals surface area contributed by atoms with E-state index in [9.17, 15) is 9.70 Å². The second-order valence-corrected chi connectivity index (χ2v) is 3.33. The largest absolute Gasteiger partial charge is 0.383 e. The van der Waals surface area contributed by atoms with Gasteiger partial charge in [0.15, 0.2) is 0 Å². The van der Waals surface area contributed by atoms with Crippen LogP contribution in [0.2, 0.25) is 0 Å². The number of nitrogens with two attached hydrogens (primary N) is 1. The van der Waals surface area contributed by atoms with Crippen molar-refractivity contribution in [2.24, 2.45) is 5.29 Å². The standard InChI is InChI=1S/C8H11ClN6O2.ClH/c1-5-11-2-6(7(10)13-5)3-12-8(16)15(4-9)14-17;/h2H,3-4H2,1H3,(H,12,16)(H2,10,11,13);1H. The summed E-state index contributed by atoms with van der Waals surface area (Å²) in [6.07, 6.45) is 1.50. The van der Waals surface area contributed by atoms with Gasteiger partial charge in [-0.15, -0.1) is 28.9 Å². The van der Waals surface area contributed by atoms with E-state index in [1.807, 2.05) is 0 Å². The van der Waals surface area contributed by atoms with Crippen LogP contribution >= 0.6 is 24.0 Å². The fourth-order valence-electron chi connectivity index (χ4n) is 1.02. The first kappa shape index (κ1) is 16.3. The lowest BCUT2D eigenvalue weighted by Crippen LogP contribution is -2.35. The molecule has 1 heterocycles. The fraction of sp³-hybridized carbons (Fsp3) is 0.375. The van der Waals surface area contributed by atoms with Gasteiger partial charge in [0.1, 0.15) is 17.6 Å². The van der Waals surface area contributed by atoms with Crippen molar-refractivity contribution in [2.75, 3.05) is 11.7 Å². The number of nitrogen functional groups attached to an aromatic ring is 1. The molecule has 8 nitrogen and oxygen atoms in total. The first-order chi connectivity index (χ1) is 8.08. The molecule has 1 rings (SSSR count). The highest BCUT2D eigenvalue weighted by atomic mass is 35.5. The van der Waals surface area contributed by atoms with Crippen LogP contribution in [0.1, 0.15) is 11.4 Å². The Hall–Kier alpha value is -1.67. The zero-order chi connectivity index (χ0) is 12.8. The Balaban J connectivity index is 0.00000289. The Labute approximate surface area is 114 Å². The molecule has 0 atom stereocenters. The van der Waals surface area contributed by atoms with Crippen molar-refractivity contribution in [3.8, 4) is 0 Å². The van der Waals surface area contributed by atoms with Gasteiger partial charge in [-0.05, 0) is 6.92 Å². The summed E-state index contributed by atoms with van der Waals surface area (Å²) in [6.45, 7) is 1.79. The number of anilines is 1. The highest BCUT2D eigenvalue weighted by molar-refractivity contribution is 6.18. The summed E-state index contributed by atoms with van der Waals surface area (Å²) in [6, 6.07) is -1.04. The van der Waals surface area contributed by atoms with Gasteiger partial charge in [0.25, 0.3) is 0 Å². The summed E-state index contributed by atoms with van der Waals surface area (Å²) in [5, 5.41) is 5.38. The van der Waals surface area contributed by atoms with E-state index in [1.54, 1.807) is 6.92 Å². The molecule has 0 radical (unpaired) electrons. The minimum Gasteiger partial charge on any atom is -0.383 e. The molecule has 1 aromatic rings. The van der Waals surface area contributed by atoms with Crippen LogP contribution in [0.5, 0.6) is 0 Å². The number of aryl methyl sites for hydroxylation is 1. The van der Waals surface area contributed by atoms with E-state index in [1.165, 1.54) is 6.20 Å². The van der Waals surface area contributed by atoms with Crippen LogP contribution in [0.4, 0.5) is 10.6 Å². The van der Waals surface area contributed by atoms with E-state index in [0.717, 1.165) is 0 Å². The summed E-state index contributed by atoms with van der Waals surface area (Å²) in [7, 11) is 0. The number of hydrogen-bond acceptors (Lipinski definition) is 6. The average Bonchev–Trinajstić information content (AvgIpc) is 2.29. The number of rotatable bonds is 4. The van der Waals surface area contributed by atoms with E-state index >= 15 is 0 Å². The fourth-order valence-corrected chi connectivity index (χ4v) is 1.18. The summed E-state index contributed by atoms with van der Waals surface area (Å²) >= 11 is 5.32. The predicted molar refractivity (Wildman–Crippen MR) is 69.0 cm³/mol. The van der Waals surface area contributed by atoms with Crippen LogP contribution < -0.4 is 11.1 Å². The lowest BCUT2D eigenvalue weighted by molar-refractivity contribution is 0.207. The molecule has 0 spiro atoms. The molecule has 100 valence electrons. The molecule has 3 N–H and O–H groups in total. The lowest BCUT2D eigenvalue weighted by Gasteiger charge is -2.11. The van der Waals surface area contributed by atoms with Gasteiger partial charge in [0.2, 0.25) is 0 Å². The van der Waals surface area contributed by atoms with Gasteiger partial charge < -0.3 is 11.1 Å². The summed E-state index contributed by atoms with van der Waals surface area (Å²) in [5.74, 6) is 0.809. The maximum atomic E-state index is 11.3. The number of carbonyl (C=O) groups is 1. The number of urea groups is 1. The summed E-state index contributed by atoms with van der Waals surface area (Å²) < 4.78 is 0. The van der Waals surface area contributed by atoms with E-state index in [2.05, 4.69) is 20.6 Å². The number of alkyl halides is 1. The smallest absolute Gasteiger partial charge is 0.341 e. The quantitative estimate of drug-likeness (QED) is 0.374. The highest BCUT2D eigenvalue weighted by Crippen LogP contribution is 2.06. The molecule has 0 fully saturated rings. The van der Waals surface area contributed by atoms with Gasteiger partial charge in [0, 0.05) is 18.3 Å². The van der Waals surface area contributed by atoms with Gasteiger partial charge in [-0.3, -0.25) is 0 Å². The Morgan fingerprint density at radius 3 is 2.83 bits per heavy atom. The minimum absolute atomic E-state index is 0. The van der Waals surface area contributed by atoms with Gasteiger partial charge in [-0.25, -0.2) is 14.8 Å². The Kier molecular flexibility index (Phi) is 6.91. The van der Waals surface area contributed by atoms with Crippen LogP contribution in [0, 0.1) is 11.8 Å². The Bertz CT molecular complexity index is 430. The number of hydrogen-bond donors (Lipinski definition) is 2. The first-order valence-corrected chi connectivity index (χ1v) is 5.14. The maximum Gasteiger partial charge on any atom is 0.341 e. The number of nitrogens with zero attached hydrogens (tertiary/aromatic N) is 4. The number of halogens is 2. The normalized spacial score (nSPS) is 9.22. The van der Waals surface area contributed by atoms with Crippen molar-refractivity contribution in [1.82, 2.24) is 20.3 Å². The third-order valence-electron chi connectivity index (χ3n) is 1.89. The van der Waals surface area contributed by atoms with Crippen LogP contribution in [-0.2, 0) is 6.54 Å². The van der Waals surface area contributed by atoms with Crippen molar-refractivity contribution in [3.05, 3.63) is 22.5 Å². The number of amides is 2. The molecule has 0 saturated carbocycles. The third-order valence-corrected chi connectivity index (χ3v) is 2.12. The Morgan fingerprint density at radius 1 is 1.67 bits per heavy atom. The van der Waals surface area contributed by atoms with Gasteiger partial charge >= 0.3 is 6.03 Å². The van der Waals surface area contributed by atoms with Crippen molar-refractivity contribution in [2.45, 2.75) is 13.5 Å². The highest BCUT2D eigenvalue weighted by Gasteiger charge is 2.12. The van der Waals surface area contributed by atoms with Crippen LogP contribution in [0.3, 0.4) is 0 Å². The average molecular weight is 295 g/mol. The molecule has 2 amide bonds. The SMILES string of the molecule is Cc1ncc(CNC(=O)N(CCl)N=O)c(N)n1.Cl. The molecule has 1 aromatic heterocycles. The van der Waals surface area contributed by atoms with E-state index in [0.29, 0.717) is 16.4 Å². The molecule has 0 saturated heterocycles. The molecule has 0 bridgehead atoms. The second kappa shape index (κ2) is 7.62. The molecule has 0 aliphatic rings. The van der Waals surface area contributed by atoms with E-state index in [-0.39, 0.29) is 30.8 Å². The molecular formula is C8H12Cl2N6O2. The van der Waals surface area contributed by atoms with Crippen LogP contribution in [0.25, 0.3) is 0 Å². The van der Waals surface area contributed by atoms with Gasteiger partial charge in [-0.1, -0.05) is 0 Å². The first-order valence-electron chi connectivity index (χ1n) is 4.61. The lowest BCUT2D eigenvalue weighted by atomic mass is 10.3. The van der Waals surface area contributed by atoms with E-state index < -0.39 is 6.03 Å². The van der Waals surface area contributed by atoms with Crippen molar-refractivity contribution in [3.63, 3.8) is 0 Å². The summed E-state index contributed by atoms with van der Waals surface area (Å²) in [5.41, 5.74) is 6.17.